The second-order valence-electron chi connectivity index (χ2n) is 25.3. The van der Waals surface area contributed by atoms with Gasteiger partial charge in [-0.15, -0.1) is 0 Å². The molecule has 0 radical (unpaired) electrons. The highest BCUT2D eigenvalue weighted by Crippen LogP contribution is 2.45. The molecule has 0 saturated carbocycles. The molecule has 7 atom stereocenters. The number of rotatable bonds is 63. The number of phosphoric acid groups is 2. The van der Waals surface area contributed by atoms with Gasteiger partial charge in [0.2, 0.25) is 0 Å². The molecule has 0 aliphatic carbocycles. The van der Waals surface area contributed by atoms with Gasteiger partial charge in [-0.3, -0.25) is 37.3 Å². The van der Waals surface area contributed by atoms with E-state index in [-0.39, 0.29) is 25.7 Å². The maximum absolute atomic E-state index is 13.0. The van der Waals surface area contributed by atoms with Crippen LogP contribution in [0.3, 0.4) is 0 Å². The minimum Gasteiger partial charge on any atom is -0.462 e. The van der Waals surface area contributed by atoms with E-state index >= 15 is 0 Å². The fourth-order valence-electron chi connectivity index (χ4n) is 9.72. The van der Waals surface area contributed by atoms with Crippen LogP contribution in [0.25, 0.3) is 0 Å². The van der Waals surface area contributed by atoms with E-state index in [1.807, 2.05) is 0 Å². The van der Waals surface area contributed by atoms with Crippen LogP contribution in [0.4, 0.5) is 0 Å². The summed E-state index contributed by atoms with van der Waals surface area (Å²) in [6, 6.07) is 0. The Balaban J connectivity index is 5.25. The maximum atomic E-state index is 13.0. The predicted octanol–water partition coefficient (Wildman–Crippen LogP) is 18.1. The standard InChI is InChI=1S/C66H128O17P2/c1-9-58(7)44-36-28-19-16-17-20-30-38-46-63(68)76-52-62(83-66(71)49-41-33-25-23-29-37-45-59(8)10-2)55-81-85(74,75)79-51-60(67)50-78-84(72,73)80-54-61(53-77-64(69)47-39-31-24-22-27-35-43-57(5)6)82-65(70)48-40-32-21-15-13-11-12-14-18-26-34-42-56(3)4/h56-62,67H,9-55H2,1-8H3,(H,72,73)(H,74,75)/t58?,59?,60-,61+,62+/m0/s1. The quantitative estimate of drug-likeness (QED) is 0.0222. The van der Waals surface area contributed by atoms with Crippen LogP contribution in [0, 0.1) is 23.7 Å². The lowest BCUT2D eigenvalue weighted by molar-refractivity contribution is -0.161. The van der Waals surface area contributed by atoms with Gasteiger partial charge in [0, 0.05) is 25.7 Å². The molecule has 0 aliphatic heterocycles. The monoisotopic (exact) mass is 1250 g/mol. The van der Waals surface area contributed by atoms with Gasteiger partial charge in [-0.25, -0.2) is 9.13 Å². The molecule has 0 rings (SSSR count). The van der Waals surface area contributed by atoms with Gasteiger partial charge in [-0.1, -0.05) is 267 Å². The summed E-state index contributed by atoms with van der Waals surface area (Å²) >= 11 is 0. The minimum absolute atomic E-state index is 0.102. The molecular formula is C66H128O17P2. The Kier molecular flexibility index (Phi) is 54.8. The smallest absolute Gasteiger partial charge is 0.462 e. The first-order chi connectivity index (χ1) is 40.7. The number of unbranched alkanes of at least 4 members (excludes halogenated alkanes) is 27. The molecule has 19 heteroatoms. The zero-order chi connectivity index (χ0) is 63.2. The first kappa shape index (κ1) is 83.1. The summed E-state index contributed by atoms with van der Waals surface area (Å²) in [5.41, 5.74) is 0. The third-order valence-electron chi connectivity index (χ3n) is 15.8. The molecule has 4 unspecified atom stereocenters. The van der Waals surface area contributed by atoms with Gasteiger partial charge in [0.1, 0.15) is 19.3 Å². The summed E-state index contributed by atoms with van der Waals surface area (Å²) in [6.07, 6.45) is 36.3. The molecule has 0 aromatic heterocycles. The number of aliphatic hydroxyl groups is 1. The van der Waals surface area contributed by atoms with Crippen molar-refractivity contribution in [2.24, 2.45) is 23.7 Å². The van der Waals surface area contributed by atoms with Crippen LogP contribution >= 0.6 is 15.6 Å². The fraction of sp³-hybridized carbons (Fsp3) is 0.939. The lowest BCUT2D eigenvalue weighted by atomic mass is 9.99. The Morgan fingerprint density at radius 3 is 0.835 bits per heavy atom. The summed E-state index contributed by atoms with van der Waals surface area (Å²) in [6.45, 7) is 14.0. The Hall–Kier alpha value is -1.94. The van der Waals surface area contributed by atoms with Crippen molar-refractivity contribution in [3.63, 3.8) is 0 Å². The summed E-state index contributed by atoms with van der Waals surface area (Å²) in [4.78, 5) is 72.3. The Bertz CT molecular complexity index is 1700. The van der Waals surface area contributed by atoms with Crippen molar-refractivity contribution in [2.75, 3.05) is 39.6 Å². The fourth-order valence-corrected chi connectivity index (χ4v) is 11.3. The van der Waals surface area contributed by atoms with Crippen LogP contribution in [-0.2, 0) is 65.4 Å². The Labute approximate surface area is 517 Å². The normalized spacial score (nSPS) is 15.0. The van der Waals surface area contributed by atoms with Gasteiger partial charge in [-0.05, 0) is 49.4 Å². The van der Waals surface area contributed by atoms with E-state index in [4.69, 9.17) is 37.0 Å². The van der Waals surface area contributed by atoms with E-state index in [0.29, 0.717) is 31.6 Å². The van der Waals surface area contributed by atoms with Gasteiger partial charge in [0.25, 0.3) is 0 Å². The van der Waals surface area contributed by atoms with E-state index in [9.17, 15) is 43.2 Å². The van der Waals surface area contributed by atoms with E-state index in [1.165, 1.54) is 116 Å². The third-order valence-corrected chi connectivity index (χ3v) is 17.7. The van der Waals surface area contributed by atoms with E-state index in [1.54, 1.807) is 0 Å². The summed E-state index contributed by atoms with van der Waals surface area (Å²) in [5, 5.41) is 10.5. The zero-order valence-corrected chi connectivity index (χ0v) is 57.0. The van der Waals surface area contributed by atoms with Crippen LogP contribution in [0.1, 0.15) is 319 Å². The van der Waals surface area contributed by atoms with Crippen molar-refractivity contribution < 1.29 is 80.2 Å². The number of carbonyl (C=O) groups is 4. The first-order valence-corrected chi connectivity index (χ1v) is 37.3. The average Bonchev–Trinajstić information content (AvgIpc) is 3.49. The van der Waals surface area contributed by atoms with Crippen LogP contribution < -0.4 is 0 Å². The molecule has 0 fully saturated rings. The highest BCUT2D eigenvalue weighted by Gasteiger charge is 2.30. The van der Waals surface area contributed by atoms with Crippen molar-refractivity contribution >= 4 is 39.5 Å². The number of carbonyl (C=O) groups excluding carboxylic acids is 4. The summed E-state index contributed by atoms with van der Waals surface area (Å²) in [5.74, 6) is 0.803. The van der Waals surface area contributed by atoms with Gasteiger partial charge in [0.15, 0.2) is 12.2 Å². The van der Waals surface area contributed by atoms with Crippen molar-refractivity contribution in [3.05, 3.63) is 0 Å². The second-order valence-corrected chi connectivity index (χ2v) is 28.2. The number of phosphoric ester groups is 2. The van der Waals surface area contributed by atoms with E-state index < -0.39 is 97.5 Å². The summed E-state index contributed by atoms with van der Waals surface area (Å²) < 4.78 is 68.1. The SMILES string of the molecule is CCC(C)CCCCCCCCCCC(=O)OC[C@H](COP(=O)(O)OC[C@@H](O)COP(=O)(O)OC[C@@H](COC(=O)CCCCCCCCC(C)C)OC(=O)CCCCCCCCCCCCCC(C)C)OC(=O)CCCCCCCCC(C)CC. The molecule has 0 aromatic rings. The number of aliphatic hydroxyl groups excluding tert-OH is 1. The van der Waals surface area contributed by atoms with Crippen LogP contribution in [-0.4, -0.2) is 96.7 Å². The van der Waals surface area contributed by atoms with Crippen LogP contribution in [0.5, 0.6) is 0 Å². The number of esters is 4. The van der Waals surface area contributed by atoms with E-state index in [0.717, 1.165) is 114 Å². The first-order valence-electron chi connectivity index (χ1n) is 34.3. The Morgan fingerprint density at radius 2 is 0.565 bits per heavy atom. The largest absolute Gasteiger partial charge is 0.472 e. The van der Waals surface area contributed by atoms with Gasteiger partial charge in [-0.2, -0.15) is 0 Å². The van der Waals surface area contributed by atoms with Crippen molar-refractivity contribution in [3.8, 4) is 0 Å². The van der Waals surface area contributed by atoms with Gasteiger partial charge >= 0.3 is 39.5 Å². The van der Waals surface area contributed by atoms with Gasteiger partial charge in [0.05, 0.1) is 26.4 Å². The van der Waals surface area contributed by atoms with Gasteiger partial charge < -0.3 is 33.8 Å². The summed E-state index contributed by atoms with van der Waals surface area (Å²) in [7, 11) is -9.89. The molecule has 0 heterocycles. The third kappa shape index (κ3) is 58.2. The topological polar surface area (TPSA) is 237 Å². The molecule has 0 bridgehead atoms. The predicted molar refractivity (Wildman–Crippen MR) is 340 cm³/mol. The zero-order valence-electron chi connectivity index (χ0n) is 55.2. The molecule has 0 spiro atoms. The molecule has 0 aliphatic rings. The number of ether oxygens (including phenoxy) is 4. The molecule has 0 aromatic carbocycles. The van der Waals surface area contributed by atoms with Crippen molar-refractivity contribution in [1.29, 1.82) is 0 Å². The molecular weight excluding hydrogens is 1130 g/mol. The lowest BCUT2D eigenvalue weighted by Gasteiger charge is -2.21. The highest BCUT2D eigenvalue weighted by atomic mass is 31.2. The van der Waals surface area contributed by atoms with E-state index in [2.05, 4.69) is 55.4 Å². The molecule has 17 nitrogen and oxygen atoms in total. The maximum Gasteiger partial charge on any atom is 0.472 e. The molecule has 85 heavy (non-hydrogen) atoms. The van der Waals surface area contributed by atoms with Crippen molar-refractivity contribution in [2.45, 2.75) is 337 Å². The average molecular weight is 1260 g/mol. The number of hydrogen-bond acceptors (Lipinski definition) is 15. The molecule has 3 N–H and O–H groups in total. The van der Waals surface area contributed by atoms with Crippen LogP contribution in [0.15, 0.2) is 0 Å². The highest BCUT2D eigenvalue weighted by molar-refractivity contribution is 7.47. The molecule has 504 valence electrons. The lowest BCUT2D eigenvalue weighted by Crippen LogP contribution is -2.30. The number of hydrogen-bond donors (Lipinski definition) is 3. The Morgan fingerprint density at radius 1 is 0.329 bits per heavy atom. The van der Waals surface area contributed by atoms with Crippen molar-refractivity contribution in [1.82, 2.24) is 0 Å². The van der Waals surface area contributed by atoms with Crippen LogP contribution in [0.2, 0.25) is 0 Å². The molecule has 0 saturated heterocycles. The molecule has 0 amide bonds. The second kappa shape index (κ2) is 56.1. The minimum atomic E-state index is -4.95.